The molecular weight excluding hydrogens is 230 g/mol. The van der Waals surface area contributed by atoms with Crippen molar-refractivity contribution in [2.24, 2.45) is 0 Å². The number of nitrogen functional groups attached to an aromatic ring is 1. The Morgan fingerprint density at radius 3 is 2.94 bits per heavy atom. The van der Waals surface area contributed by atoms with E-state index in [4.69, 9.17) is 5.73 Å². The van der Waals surface area contributed by atoms with E-state index >= 15 is 0 Å². The van der Waals surface area contributed by atoms with Crippen molar-refractivity contribution < 1.29 is 9.59 Å². The van der Waals surface area contributed by atoms with Crippen LogP contribution in [0.25, 0.3) is 0 Å². The van der Waals surface area contributed by atoms with Gasteiger partial charge in [-0.3, -0.25) is 9.59 Å². The zero-order chi connectivity index (χ0) is 13.1. The van der Waals surface area contributed by atoms with Gasteiger partial charge in [-0.25, -0.2) is 0 Å². The van der Waals surface area contributed by atoms with Crippen LogP contribution >= 0.6 is 0 Å². The molecule has 0 saturated carbocycles. The maximum Gasteiger partial charge on any atom is 0.246 e. The third-order valence-corrected chi connectivity index (χ3v) is 3.01. The van der Waals surface area contributed by atoms with Crippen LogP contribution in [0, 0.1) is 0 Å². The lowest BCUT2D eigenvalue weighted by Crippen LogP contribution is -2.42. The van der Waals surface area contributed by atoms with E-state index in [9.17, 15) is 9.59 Å². The Balaban J connectivity index is 2.17. The van der Waals surface area contributed by atoms with Gasteiger partial charge in [0.25, 0.3) is 0 Å². The summed E-state index contributed by atoms with van der Waals surface area (Å²) < 4.78 is 0. The van der Waals surface area contributed by atoms with Gasteiger partial charge in [-0.15, -0.1) is 0 Å². The summed E-state index contributed by atoms with van der Waals surface area (Å²) in [4.78, 5) is 24.6. The molecule has 5 nitrogen and oxygen atoms in total. The van der Waals surface area contributed by atoms with Gasteiger partial charge in [-0.2, -0.15) is 0 Å². The van der Waals surface area contributed by atoms with E-state index in [0.717, 1.165) is 24.1 Å². The molecule has 1 aromatic carbocycles. The average Bonchev–Trinajstić information content (AvgIpc) is 2.34. The van der Waals surface area contributed by atoms with E-state index in [0.29, 0.717) is 12.2 Å². The first-order chi connectivity index (χ1) is 8.58. The fourth-order valence-electron chi connectivity index (χ4n) is 2.17. The predicted molar refractivity (Wildman–Crippen MR) is 70.2 cm³/mol. The molecule has 1 heterocycles. The number of carbonyl (C=O) groups excluding carboxylic acids is 2. The van der Waals surface area contributed by atoms with Crippen LogP contribution < -0.4 is 16.0 Å². The lowest BCUT2D eigenvalue weighted by Gasteiger charge is -2.29. The summed E-state index contributed by atoms with van der Waals surface area (Å²) in [5.41, 5.74) is 8.46. The maximum absolute atomic E-state index is 12.0. The Kier molecular flexibility index (Phi) is 3.50. The second-order valence-corrected chi connectivity index (χ2v) is 4.45. The van der Waals surface area contributed by atoms with Crippen molar-refractivity contribution in [1.29, 1.82) is 0 Å². The van der Waals surface area contributed by atoms with Crippen LogP contribution in [0.15, 0.2) is 18.2 Å². The summed E-state index contributed by atoms with van der Waals surface area (Å²) >= 11 is 0. The molecule has 0 radical (unpaired) electrons. The van der Waals surface area contributed by atoms with Crippen molar-refractivity contribution in [1.82, 2.24) is 5.32 Å². The van der Waals surface area contributed by atoms with Crippen LogP contribution in [-0.4, -0.2) is 24.9 Å². The van der Waals surface area contributed by atoms with Crippen molar-refractivity contribution >= 4 is 23.2 Å². The molecule has 18 heavy (non-hydrogen) atoms. The zero-order valence-corrected chi connectivity index (χ0v) is 10.4. The van der Waals surface area contributed by atoms with Crippen LogP contribution in [0.5, 0.6) is 0 Å². The third kappa shape index (κ3) is 2.61. The largest absolute Gasteiger partial charge is 0.399 e. The first-order valence-electron chi connectivity index (χ1n) is 6.01. The van der Waals surface area contributed by atoms with E-state index in [-0.39, 0.29) is 18.4 Å². The molecule has 1 aliphatic heterocycles. The molecular formula is C13H17N3O2. The quantitative estimate of drug-likeness (QED) is 0.755. The van der Waals surface area contributed by atoms with Gasteiger partial charge in [0.1, 0.15) is 0 Å². The molecule has 0 unspecified atom stereocenters. The van der Waals surface area contributed by atoms with Crippen molar-refractivity contribution in [3.8, 4) is 0 Å². The number of hydrogen-bond acceptors (Lipinski definition) is 3. The van der Waals surface area contributed by atoms with Crippen LogP contribution in [-0.2, 0) is 16.0 Å². The molecule has 1 aromatic rings. The highest BCUT2D eigenvalue weighted by Gasteiger charge is 2.22. The predicted octanol–water partition coefficient (Wildman–Crippen LogP) is 0.684. The minimum atomic E-state index is -0.196. The number of hydrogen-bond donors (Lipinski definition) is 2. The maximum atomic E-state index is 12.0. The van der Waals surface area contributed by atoms with Gasteiger partial charge in [0.2, 0.25) is 11.8 Å². The minimum Gasteiger partial charge on any atom is -0.399 e. The topological polar surface area (TPSA) is 75.4 Å². The molecule has 2 amide bonds. The SMILES string of the molecule is CC(=O)NCC(=O)N1CCCc2cc(N)ccc21. The number of nitrogens with two attached hydrogens (primary N) is 1. The van der Waals surface area contributed by atoms with Crippen LogP contribution in [0.1, 0.15) is 18.9 Å². The van der Waals surface area contributed by atoms with Crippen molar-refractivity contribution in [3.63, 3.8) is 0 Å². The van der Waals surface area contributed by atoms with Crippen molar-refractivity contribution in [3.05, 3.63) is 23.8 Å². The molecule has 0 atom stereocenters. The molecule has 3 N–H and O–H groups in total. The molecule has 5 heteroatoms. The molecule has 0 saturated heterocycles. The molecule has 1 aliphatic rings. The standard InChI is InChI=1S/C13H17N3O2/c1-9(17)15-8-13(18)16-6-2-3-10-7-11(14)4-5-12(10)16/h4-5,7H,2-3,6,8,14H2,1H3,(H,15,17). The molecule has 0 aromatic heterocycles. The fraction of sp³-hybridized carbons (Fsp3) is 0.385. The Morgan fingerprint density at radius 2 is 2.22 bits per heavy atom. The smallest absolute Gasteiger partial charge is 0.246 e. The lowest BCUT2D eigenvalue weighted by molar-refractivity contribution is -0.123. The zero-order valence-electron chi connectivity index (χ0n) is 10.4. The highest BCUT2D eigenvalue weighted by Crippen LogP contribution is 2.28. The Morgan fingerprint density at radius 1 is 1.44 bits per heavy atom. The number of nitrogens with one attached hydrogen (secondary N) is 1. The number of carbonyl (C=O) groups is 2. The fourth-order valence-corrected chi connectivity index (χ4v) is 2.17. The van der Waals surface area contributed by atoms with Gasteiger partial charge >= 0.3 is 0 Å². The second kappa shape index (κ2) is 5.08. The number of aryl methyl sites for hydroxylation is 1. The van der Waals surface area contributed by atoms with E-state index < -0.39 is 0 Å². The van der Waals surface area contributed by atoms with E-state index in [1.54, 1.807) is 11.0 Å². The number of nitrogens with zero attached hydrogens (tertiary/aromatic N) is 1. The Bertz CT molecular complexity index is 485. The number of anilines is 2. The van der Waals surface area contributed by atoms with Crippen LogP contribution in [0.4, 0.5) is 11.4 Å². The first kappa shape index (κ1) is 12.4. The molecule has 0 aliphatic carbocycles. The minimum absolute atomic E-state index is 0.0408. The van der Waals surface area contributed by atoms with Crippen molar-refractivity contribution in [2.75, 3.05) is 23.7 Å². The van der Waals surface area contributed by atoms with Crippen molar-refractivity contribution in [2.45, 2.75) is 19.8 Å². The van der Waals surface area contributed by atoms with E-state index in [2.05, 4.69) is 5.32 Å². The summed E-state index contributed by atoms with van der Waals surface area (Å²) in [6, 6.07) is 5.57. The van der Waals surface area contributed by atoms with Crippen LogP contribution in [0.2, 0.25) is 0 Å². The normalized spacial score (nSPS) is 13.9. The highest BCUT2D eigenvalue weighted by molar-refractivity contribution is 5.97. The summed E-state index contributed by atoms with van der Waals surface area (Å²) in [5, 5.41) is 2.53. The average molecular weight is 247 g/mol. The van der Waals surface area contributed by atoms with Crippen LogP contribution in [0.3, 0.4) is 0 Å². The van der Waals surface area contributed by atoms with Gasteiger partial charge in [0.15, 0.2) is 0 Å². The van der Waals surface area contributed by atoms with Gasteiger partial charge in [-0.1, -0.05) is 0 Å². The van der Waals surface area contributed by atoms with E-state index in [1.807, 2.05) is 12.1 Å². The van der Waals surface area contributed by atoms with Gasteiger partial charge in [0, 0.05) is 24.8 Å². The number of amides is 2. The Hall–Kier alpha value is -2.04. The molecule has 0 fully saturated rings. The first-order valence-corrected chi connectivity index (χ1v) is 6.01. The molecule has 96 valence electrons. The summed E-state index contributed by atoms with van der Waals surface area (Å²) in [6.45, 7) is 2.13. The molecule has 2 rings (SSSR count). The number of rotatable bonds is 2. The lowest BCUT2D eigenvalue weighted by atomic mass is 10.0. The summed E-state index contributed by atoms with van der Waals surface area (Å²) in [7, 11) is 0. The van der Waals surface area contributed by atoms with Gasteiger partial charge in [-0.05, 0) is 36.6 Å². The van der Waals surface area contributed by atoms with Gasteiger partial charge in [0.05, 0.1) is 6.54 Å². The highest BCUT2D eigenvalue weighted by atomic mass is 16.2. The number of benzene rings is 1. The summed E-state index contributed by atoms with van der Waals surface area (Å²) in [6.07, 6.45) is 1.85. The summed E-state index contributed by atoms with van der Waals surface area (Å²) in [5.74, 6) is -0.284. The van der Waals surface area contributed by atoms with Gasteiger partial charge < -0.3 is 16.0 Å². The van der Waals surface area contributed by atoms with E-state index in [1.165, 1.54) is 6.92 Å². The monoisotopic (exact) mass is 247 g/mol. The second-order valence-electron chi connectivity index (χ2n) is 4.45. The molecule has 0 spiro atoms. The number of fused-ring (bicyclic) bond motifs is 1. The molecule has 0 bridgehead atoms. The Labute approximate surface area is 106 Å². The third-order valence-electron chi connectivity index (χ3n) is 3.01.